The summed E-state index contributed by atoms with van der Waals surface area (Å²) in [5.74, 6) is -1.30. The molecule has 7 nitrogen and oxygen atoms in total. The van der Waals surface area contributed by atoms with Crippen LogP contribution in [-0.2, 0) is 14.4 Å². The molecule has 2 amide bonds. The number of carboxylic acids is 1. The van der Waals surface area contributed by atoms with Crippen LogP contribution < -0.4 is 49.3 Å². The Morgan fingerprint density at radius 1 is 0.784 bits per heavy atom. The fourth-order valence-corrected chi connectivity index (χ4v) is 9.50. The summed E-state index contributed by atoms with van der Waals surface area (Å²) in [6, 6.07) is 30.1. The number of benzene rings is 3. The standard InChI is InChI=1S/C26H28N3O4PS2.BrH/c27-23(26(33)28-16-25(31)32)17-35-36-18-24(30)29-19-34(20-10-4-1-5-11-20,21-12-6-2-7-13-21)22-14-8-3-9-15-22;/h1-15,23H,16-19,27H2,(H2-,28,29,30,31,32,33);1H. The van der Waals surface area contributed by atoms with Crippen LogP contribution in [0.2, 0.25) is 0 Å². The molecule has 196 valence electrons. The van der Waals surface area contributed by atoms with E-state index in [1.165, 1.54) is 37.5 Å². The Kier molecular flexibility index (Phi) is 13.2. The molecule has 0 radical (unpaired) electrons. The van der Waals surface area contributed by atoms with Crippen molar-refractivity contribution in [2.24, 2.45) is 5.73 Å². The third kappa shape index (κ3) is 8.86. The van der Waals surface area contributed by atoms with Gasteiger partial charge in [0.05, 0.1) is 11.8 Å². The highest BCUT2D eigenvalue weighted by molar-refractivity contribution is 8.76. The van der Waals surface area contributed by atoms with Crippen LogP contribution in [0.1, 0.15) is 0 Å². The highest BCUT2D eigenvalue weighted by Crippen LogP contribution is 2.54. The normalized spacial score (nSPS) is 11.6. The molecule has 0 bridgehead atoms. The van der Waals surface area contributed by atoms with Crippen molar-refractivity contribution in [3.05, 3.63) is 91.0 Å². The average molecular weight is 623 g/mol. The molecule has 0 aromatic heterocycles. The lowest BCUT2D eigenvalue weighted by molar-refractivity contribution is -0.138. The molecule has 0 aliphatic rings. The first-order chi connectivity index (χ1) is 17.4. The molecule has 0 saturated carbocycles. The van der Waals surface area contributed by atoms with E-state index in [0.717, 1.165) is 0 Å². The van der Waals surface area contributed by atoms with Gasteiger partial charge in [-0.15, -0.1) is 0 Å². The van der Waals surface area contributed by atoms with Gasteiger partial charge in [0.15, 0.2) is 0 Å². The summed E-state index contributed by atoms with van der Waals surface area (Å²) < 4.78 is 0. The van der Waals surface area contributed by atoms with Crippen LogP contribution >= 0.6 is 28.9 Å². The molecular formula is C26H29BrN3O4PS2. The van der Waals surface area contributed by atoms with Gasteiger partial charge in [-0.2, -0.15) is 0 Å². The van der Waals surface area contributed by atoms with Crippen LogP contribution in [0.25, 0.3) is 0 Å². The van der Waals surface area contributed by atoms with Crippen molar-refractivity contribution < 1.29 is 36.5 Å². The number of rotatable bonds is 13. The number of amides is 2. The Balaban J connectivity index is 0.00000481. The molecule has 0 heterocycles. The van der Waals surface area contributed by atoms with Crippen LogP contribution in [0, 0.1) is 0 Å². The first kappa shape index (κ1) is 30.9. The molecule has 1 unspecified atom stereocenters. The number of nitrogens with one attached hydrogen (secondary N) is 2. The quantitative estimate of drug-likeness (QED) is 0.109. The van der Waals surface area contributed by atoms with Gasteiger partial charge in [-0.25, -0.2) is 0 Å². The fourth-order valence-electron chi connectivity index (χ4n) is 3.61. The van der Waals surface area contributed by atoms with Crippen LogP contribution in [0.3, 0.4) is 0 Å². The number of carboxylic acid groups (broad SMARTS) is 1. The van der Waals surface area contributed by atoms with Crippen LogP contribution in [-0.4, -0.2) is 53.3 Å². The summed E-state index contributed by atoms with van der Waals surface area (Å²) in [5, 5.41) is 17.6. The van der Waals surface area contributed by atoms with E-state index in [9.17, 15) is 14.4 Å². The molecule has 11 heteroatoms. The largest absolute Gasteiger partial charge is 1.00 e. The van der Waals surface area contributed by atoms with Crippen molar-refractivity contribution in [1.82, 2.24) is 10.6 Å². The minimum Gasteiger partial charge on any atom is -1.00 e. The molecule has 0 saturated heterocycles. The van der Waals surface area contributed by atoms with Crippen molar-refractivity contribution in [3.8, 4) is 0 Å². The summed E-state index contributed by atoms with van der Waals surface area (Å²) in [6.07, 6.45) is 0.478. The number of hydrogen-bond donors (Lipinski definition) is 4. The Labute approximate surface area is 235 Å². The van der Waals surface area contributed by atoms with Crippen molar-refractivity contribution in [3.63, 3.8) is 0 Å². The Morgan fingerprint density at radius 2 is 1.24 bits per heavy atom. The Bertz CT molecular complexity index is 1050. The topological polar surface area (TPSA) is 122 Å². The van der Waals surface area contributed by atoms with Gasteiger partial charge >= 0.3 is 5.97 Å². The molecule has 3 aromatic rings. The Morgan fingerprint density at radius 3 is 1.68 bits per heavy atom. The molecule has 0 spiro atoms. The number of aliphatic carboxylic acids is 1. The first-order valence-electron chi connectivity index (χ1n) is 11.2. The van der Waals surface area contributed by atoms with Crippen molar-refractivity contribution in [2.75, 3.05) is 24.3 Å². The molecule has 3 rings (SSSR count). The summed E-state index contributed by atoms with van der Waals surface area (Å²) in [5.41, 5.74) is 5.79. The van der Waals surface area contributed by atoms with Crippen molar-refractivity contribution in [1.29, 1.82) is 0 Å². The molecular weight excluding hydrogens is 593 g/mol. The van der Waals surface area contributed by atoms with Gasteiger partial charge < -0.3 is 38.5 Å². The molecule has 0 aliphatic heterocycles. The monoisotopic (exact) mass is 621 g/mol. The summed E-state index contributed by atoms with van der Waals surface area (Å²) >= 11 is 0. The van der Waals surface area contributed by atoms with Gasteiger partial charge in [0.25, 0.3) is 0 Å². The van der Waals surface area contributed by atoms with E-state index in [-0.39, 0.29) is 34.4 Å². The number of nitrogens with two attached hydrogens (primary N) is 1. The molecule has 1 atom stereocenters. The summed E-state index contributed by atoms with van der Waals surface area (Å²) in [6.45, 7) is -0.470. The van der Waals surface area contributed by atoms with Crippen LogP contribution in [0.5, 0.6) is 0 Å². The third-order valence-electron chi connectivity index (χ3n) is 5.38. The number of carbonyl (C=O) groups is 3. The smallest absolute Gasteiger partial charge is 0.322 e. The zero-order chi connectivity index (χ0) is 25.8. The molecule has 0 aliphatic carbocycles. The first-order valence-corrected chi connectivity index (χ1v) is 15.7. The summed E-state index contributed by atoms with van der Waals surface area (Å²) in [4.78, 5) is 35.2. The van der Waals surface area contributed by atoms with Gasteiger partial charge in [-0.1, -0.05) is 76.2 Å². The number of halogens is 1. The van der Waals surface area contributed by atoms with Gasteiger partial charge in [-0.05, 0) is 36.4 Å². The van der Waals surface area contributed by atoms with E-state index in [0.29, 0.717) is 6.29 Å². The van der Waals surface area contributed by atoms with Crippen molar-refractivity contribution in [2.45, 2.75) is 6.04 Å². The molecule has 3 aromatic carbocycles. The lowest BCUT2D eigenvalue weighted by atomic mass is 10.3. The second-order valence-electron chi connectivity index (χ2n) is 7.84. The minimum atomic E-state index is -2.16. The maximum atomic E-state index is 12.8. The highest BCUT2D eigenvalue weighted by Gasteiger charge is 2.45. The maximum absolute atomic E-state index is 12.8. The molecule has 5 N–H and O–H groups in total. The summed E-state index contributed by atoms with van der Waals surface area (Å²) in [7, 11) is 0.457. The van der Waals surface area contributed by atoms with E-state index in [2.05, 4.69) is 47.0 Å². The lowest BCUT2D eigenvalue weighted by Gasteiger charge is -2.27. The second kappa shape index (κ2) is 15.8. The lowest BCUT2D eigenvalue weighted by Crippen LogP contribution is -3.00. The van der Waals surface area contributed by atoms with E-state index in [1.807, 2.05) is 54.6 Å². The zero-order valence-corrected chi connectivity index (χ0v) is 24.1. The zero-order valence-electron chi connectivity index (χ0n) is 20.0. The van der Waals surface area contributed by atoms with E-state index < -0.39 is 31.7 Å². The fraction of sp³-hybridized carbons (Fsp3) is 0.192. The Hall–Kier alpha value is -2.36. The van der Waals surface area contributed by atoms with Crippen LogP contribution in [0.15, 0.2) is 91.0 Å². The van der Waals surface area contributed by atoms with Gasteiger partial charge in [0.2, 0.25) is 11.8 Å². The van der Waals surface area contributed by atoms with Gasteiger partial charge in [-0.3, -0.25) is 14.4 Å². The predicted octanol–water partition coefficient (Wildman–Crippen LogP) is -1.03. The van der Waals surface area contributed by atoms with E-state index in [1.54, 1.807) is 0 Å². The van der Waals surface area contributed by atoms with Crippen LogP contribution in [0.4, 0.5) is 0 Å². The van der Waals surface area contributed by atoms with E-state index in [4.69, 9.17) is 10.8 Å². The molecule has 0 fully saturated rings. The average Bonchev–Trinajstić information content (AvgIpc) is 2.91. The molecule has 37 heavy (non-hydrogen) atoms. The second-order valence-corrected chi connectivity index (χ2v) is 13.8. The minimum absolute atomic E-state index is 0. The SMILES string of the molecule is NC(CSSCC(=O)NC[P+](c1ccccc1)(c1ccccc1)c1ccccc1)C(=O)NCC(=O)O.[Br-]. The van der Waals surface area contributed by atoms with Gasteiger partial charge in [0.1, 0.15) is 36.0 Å². The predicted molar refractivity (Wildman–Crippen MR) is 152 cm³/mol. The van der Waals surface area contributed by atoms with Gasteiger partial charge in [0, 0.05) is 5.75 Å². The van der Waals surface area contributed by atoms with E-state index >= 15 is 0 Å². The number of carbonyl (C=O) groups excluding carboxylic acids is 2. The third-order valence-corrected chi connectivity index (χ3v) is 11.9. The highest BCUT2D eigenvalue weighted by atomic mass is 79.9. The van der Waals surface area contributed by atoms with Crippen molar-refractivity contribution >= 4 is 62.5 Å². The number of hydrogen-bond acceptors (Lipinski definition) is 6. The maximum Gasteiger partial charge on any atom is 0.322 e.